The first-order chi connectivity index (χ1) is 9.92. The van der Waals surface area contributed by atoms with E-state index in [-0.39, 0.29) is 16.3 Å². The molecule has 1 N–H and O–H groups in total. The average Bonchev–Trinajstić information content (AvgIpc) is 2.39. The van der Waals surface area contributed by atoms with Crippen molar-refractivity contribution < 1.29 is 18.0 Å². The Labute approximate surface area is 122 Å². The summed E-state index contributed by atoms with van der Waals surface area (Å²) < 4.78 is 39.7. The Balaban J connectivity index is 2.33. The molecular weight excluding hydrogens is 305 g/mol. The number of nitrogens with zero attached hydrogens (tertiary/aromatic N) is 1. The topological polar surface area (TPSA) is 52.9 Å². The van der Waals surface area contributed by atoms with Gasteiger partial charge in [-0.1, -0.05) is 11.6 Å². The van der Waals surface area contributed by atoms with Gasteiger partial charge in [-0.15, -0.1) is 0 Å². The molecule has 0 saturated carbocycles. The number of carbonyl (C=O) groups excluding carboxylic acids is 1. The lowest BCUT2D eigenvalue weighted by Crippen LogP contribution is -2.16. The Morgan fingerprint density at radius 1 is 1.14 bits per heavy atom. The van der Waals surface area contributed by atoms with E-state index in [2.05, 4.69) is 5.32 Å². The van der Waals surface area contributed by atoms with Crippen LogP contribution < -0.4 is 5.32 Å². The van der Waals surface area contributed by atoms with Crippen molar-refractivity contribution in [3.8, 4) is 6.07 Å². The summed E-state index contributed by atoms with van der Waals surface area (Å²) in [5.74, 6) is -4.89. The smallest absolute Gasteiger partial charge is 0.261 e. The molecule has 3 nitrogen and oxygen atoms in total. The van der Waals surface area contributed by atoms with Crippen LogP contribution in [0.5, 0.6) is 0 Å². The van der Waals surface area contributed by atoms with Crippen molar-refractivity contribution in [1.82, 2.24) is 0 Å². The maximum Gasteiger partial charge on any atom is 0.261 e. The Morgan fingerprint density at radius 3 is 2.29 bits per heavy atom. The molecule has 0 aliphatic rings. The van der Waals surface area contributed by atoms with E-state index in [0.717, 1.165) is 0 Å². The Bertz CT molecular complexity index is 748. The number of halogens is 4. The van der Waals surface area contributed by atoms with Crippen LogP contribution in [0.25, 0.3) is 0 Å². The summed E-state index contributed by atoms with van der Waals surface area (Å²) in [5.41, 5.74) is -0.585. The van der Waals surface area contributed by atoms with Crippen molar-refractivity contribution in [2.75, 3.05) is 5.32 Å². The molecule has 2 rings (SSSR count). The molecule has 0 bridgehead atoms. The molecule has 2 aromatic carbocycles. The molecule has 0 aliphatic carbocycles. The molecule has 0 aliphatic heterocycles. The highest BCUT2D eigenvalue weighted by atomic mass is 35.5. The largest absolute Gasteiger partial charge is 0.320 e. The number of nitrogens with one attached hydrogen (secondary N) is 1. The van der Waals surface area contributed by atoms with Crippen LogP contribution in [0.2, 0.25) is 5.02 Å². The molecule has 7 heteroatoms. The third kappa shape index (κ3) is 3.15. The first-order valence-electron chi connectivity index (χ1n) is 5.58. The van der Waals surface area contributed by atoms with Crippen molar-refractivity contribution in [3.05, 3.63) is 63.9 Å². The fourth-order valence-corrected chi connectivity index (χ4v) is 1.86. The molecule has 0 aromatic heterocycles. The Kier molecular flexibility index (Phi) is 4.15. The third-order valence-corrected chi connectivity index (χ3v) is 2.89. The van der Waals surface area contributed by atoms with E-state index in [4.69, 9.17) is 16.9 Å². The normalized spacial score (nSPS) is 10.0. The number of benzene rings is 2. The SMILES string of the molecule is N#Cc1ccc(NC(=O)c2c(F)cc(F)cc2F)c(Cl)c1. The van der Waals surface area contributed by atoms with Crippen molar-refractivity contribution >= 4 is 23.2 Å². The van der Waals surface area contributed by atoms with Gasteiger partial charge in [0.1, 0.15) is 23.0 Å². The standard InChI is InChI=1S/C14H6ClF3N2O/c15-9-3-7(6-19)1-2-12(9)20-14(21)13-10(17)4-8(16)5-11(13)18/h1-5H,(H,20,21). The number of rotatable bonds is 2. The van der Waals surface area contributed by atoms with Crippen molar-refractivity contribution in [1.29, 1.82) is 5.26 Å². The van der Waals surface area contributed by atoms with Crippen LogP contribution in [0.1, 0.15) is 15.9 Å². The average molecular weight is 311 g/mol. The summed E-state index contributed by atoms with van der Waals surface area (Å²) in [7, 11) is 0. The number of amides is 1. The maximum atomic E-state index is 13.5. The number of hydrogen-bond acceptors (Lipinski definition) is 2. The predicted octanol–water partition coefficient (Wildman–Crippen LogP) is 3.88. The quantitative estimate of drug-likeness (QED) is 0.915. The predicted molar refractivity (Wildman–Crippen MR) is 70.4 cm³/mol. The highest BCUT2D eigenvalue weighted by Gasteiger charge is 2.19. The van der Waals surface area contributed by atoms with E-state index in [1.54, 1.807) is 0 Å². The second-order valence-electron chi connectivity index (χ2n) is 4.00. The zero-order valence-electron chi connectivity index (χ0n) is 10.3. The van der Waals surface area contributed by atoms with Gasteiger partial charge < -0.3 is 5.32 Å². The van der Waals surface area contributed by atoms with Crippen LogP contribution in [-0.4, -0.2) is 5.91 Å². The van der Waals surface area contributed by atoms with Crippen molar-refractivity contribution in [3.63, 3.8) is 0 Å². The minimum absolute atomic E-state index is 0.0327. The van der Waals surface area contributed by atoms with Crippen molar-refractivity contribution in [2.45, 2.75) is 0 Å². The van der Waals surface area contributed by atoms with Gasteiger partial charge in [-0.3, -0.25) is 4.79 Å². The van der Waals surface area contributed by atoms with Gasteiger partial charge in [0.25, 0.3) is 5.91 Å². The summed E-state index contributed by atoms with van der Waals surface area (Å²) in [6, 6.07) is 6.63. The van der Waals surface area contributed by atoms with E-state index >= 15 is 0 Å². The number of carbonyl (C=O) groups is 1. The van der Waals surface area contributed by atoms with Gasteiger partial charge in [-0.25, -0.2) is 13.2 Å². The van der Waals surface area contributed by atoms with Crippen LogP contribution in [0, 0.1) is 28.8 Å². The summed E-state index contributed by atoms with van der Waals surface area (Å²) in [5, 5.41) is 10.9. The molecule has 21 heavy (non-hydrogen) atoms. The number of hydrogen-bond donors (Lipinski definition) is 1. The zero-order valence-corrected chi connectivity index (χ0v) is 11.0. The third-order valence-electron chi connectivity index (χ3n) is 2.58. The summed E-state index contributed by atoms with van der Waals surface area (Å²) >= 11 is 5.83. The van der Waals surface area contributed by atoms with E-state index in [1.165, 1.54) is 18.2 Å². The minimum Gasteiger partial charge on any atom is -0.320 e. The molecule has 0 fully saturated rings. The molecule has 0 atom stereocenters. The van der Waals surface area contributed by atoms with Gasteiger partial charge >= 0.3 is 0 Å². The second kappa shape index (κ2) is 5.85. The van der Waals surface area contributed by atoms with Crippen LogP contribution in [0.4, 0.5) is 18.9 Å². The van der Waals surface area contributed by atoms with Crippen LogP contribution in [-0.2, 0) is 0 Å². The van der Waals surface area contributed by atoms with Crippen LogP contribution in [0.15, 0.2) is 30.3 Å². The van der Waals surface area contributed by atoms with E-state index < -0.39 is 28.9 Å². The first-order valence-corrected chi connectivity index (χ1v) is 5.95. The molecule has 0 radical (unpaired) electrons. The van der Waals surface area contributed by atoms with Gasteiger partial charge in [0, 0.05) is 12.1 Å². The van der Waals surface area contributed by atoms with Crippen LogP contribution in [0.3, 0.4) is 0 Å². The van der Waals surface area contributed by atoms with E-state index in [0.29, 0.717) is 12.1 Å². The molecule has 1 amide bonds. The molecule has 106 valence electrons. The maximum absolute atomic E-state index is 13.5. The van der Waals surface area contributed by atoms with Crippen molar-refractivity contribution in [2.24, 2.45) is 0 Å². The minimum atomic E-state index is -1.32. The molecule has 2 aromatic rings. The lowest BCUT2D eigenvalue weighted by Gasteiger charge is -2.09. The van der Waals surface area contributed by atoms with E-state index in [1.807, 2.05) is 6.07 Å². The number of nitriles is 1. The fourth-order valence-electron chi connectivity index (χ4n) is 1.63. The van der Waals surface area contributed by atoms with Gasteiger partial charge in [-0.2, -0.15) is 5.26 Å². The summed E-state index contributed by atoms with van der Waals surface area (Å²) in [4.78, 5) is 11.8. The molecule has 0 saturated heterocycles. The highest BCUT2D eigenvalue weighted by Crippen LogP contribution is 2.24. The first kappa shape index (κ1) is 14.9. The molecular formula is C14H6ClF3N2O. The number of anilines is 1. The van der Waals surface area contributed by atoms with Crippen LogP contribution >= 0.6 is 11.6 Å². The summed E-state index contributed by atoms with van der Waals surface area (Å²) in [6.45, 7) is 0. The van der Waals surface area contributed by atoms with E-state index in [9.17, 15) is 18.0 Å². The Hall–Kier alpha value is -2.52. The van der Waals surface area contributed by atoms with Gasteiger partial charge in [0.05, 0.1) is 22.3 Å². The monoisotopic (exact) mass is 310 g/mol. The second-order valence-corrected chi connectivity index (χ2v) is 4.41. The zero-order chi connectivity index (χ0) is 15.6. The highest BCUT2D eigenvalue weighted by molar-refractivity contribution is 6.34. The molecule has 0 spiro atoms. The molecule has 0 unspecified atom stereocenters. The van der Waals surface area contributed by atoms with Gasteiger partial charge in [-0.05, 0) is 18.2 Å². The fraction of sp³-hybridized carbons (Fsp3) is 0. The lowest BCUT2D eigenvalue weighted by molar-refractivity contribution is 0.101. The Morgan fingerprint density at radius 2 is 1.76 bits per heavy atom. The van der Waals surface area contributed by atoms with Gasteiger partial charge in [0.15, 0.2) is 0 Å². The lowest BCUT2D eigenvalue weighted by atomic mass is 10.1. The van der Waals surface area contributed by atoms with Gasteiger partial charge in [0.2, 0.25) is 0 Å². The molecule has 0 heterocycles. The summed E-state index contributed by atoms with van der Waals surface area (Å²) in [6.07, 6.45) is 0.